The van der Waals surface area contributed by atoms with Crippen molar-refractivity contribution in [1.29, 1.82) is 0 Å². The van der Waals surface area contributed by atoms with Gasteiger partial charge in [0.1, 0.15) is 11.4 Å². The van der Waals surface area contributed by atoms with Gasteiger partial charge in [0.15, 0.2) is 6.04 Å². The smallest absolute Gasteiger partial charge is 0.280 e. The first-order valence-electron chi connectivity index (χ1n) is 8.89. The second-order valence-electron chi connectivity index (χ2n) is 6.77. The van der Waals surface area contributed by atoms with E-state index in [1.807, 2.05) is 6.07 Å². The number of rotatable bonds is 6. The number of carbonyl (C=O) groups excluding carboxylic acids is 1. The quantitative estimate of drug-likeness (QED) is 0.704. The molecule has 9 nitrogen and oxygen atoms in total. The molecule has 0 fully saturated rings. The van der Waals surface area contributed by atoms with Crippen LogP contribution in [0.3, 0.4) is 0 Å². The predicted octanol–water partition coefficient (Wildman–Crippen LogP) is 2.95. The van der Waals surface area contributed by atoms with Crippen molar-refractivity contribution in [3.05, 3.63) is 48.5 Å². The lowest BCUT2D eigenvalue weighted by atomic mass is 10.2. The van der Waals surface area contributed by atoms with Crippen molar-refractivity contribution in [3.8, 4) is 5.75 Å². The summed E-state index contributed by atoms with van der Waals surface area (Å²) in [5.41, 5.74) is 0.980. The van der Waals surface area contributed by atoms with Crippen molar-refractivity contribution in [2.75, 3.05) is 5.01 Å². The number of hydrogen-bond donors (Lipinski definition) is 2. The minimum atomic E-state index is -3.76. The third kappa shape index (κ3) is 4.49. The number of aromatic hydroxyl groups is 1. The molecule has 152 valence electrons. The number of phenolic OH excluding ortho intramolecular Hbond substituents is 1. The molecule has 1 atom stereocenters. The highest BCUT2D eigenvalue weighted by Gasteiger charge is 2.34. The normalized spacial score (nSPS) is 17.4. The van der Waals surface area contributed by atoms with Gasteiger partial charge in [-0.3, -0.25) is 4.79 Å². The molecule has 29 heavy (non-hydrogen) atoms. The SMILES string of the molecule is CC1=NN(c2ccccc2)C(=O)C1N=Nc1cc(S(=O)(=O)NC(C)C)ccc1O. The summed E-state index contributed by atoms with van der Waals surface area (Å²) in [6, 6.07) is 11.3. The molecule has 0 saturated carbocycles. The van der Waals surface area contributed by atoms with Gasteiger partial charge in [0.25, 0.3) is 5.91 Å². The molecule has 3 rings (SSSR count). The van der Waals surface area contributed by atoms with Gasteiger partial charge in [-0.1, -0.05) is 18.2 Å². The van der Waals surface area contributed by atoms with E-state index < -0.39 is 16.1 Å². The lowest BCUT2D eigenvalue weighted by Gasteiger charge is -2.12. The summed E-state index contributed by atoms with van der Waals surface area (Å²) < 4.78 is 27.1. The Hall–Kier alpha value is -3.11. The number of anilines is 1. The first-order chi connectivity index (χ1) is 13.7. The van der Waals surface area contributed by atoms with E-state index >= 15 is 0 Å². The molecule has 1 aliphatic heterocycles. The summed E-state index contributed by atoms with van der Waals surface area (Å²) in [5, 5.41) is 23.4. The predicted molar refractivity (Wildman–Crippen MR) is 109 cm³/mol. The van der Waals surface area contributed by atoms with Gasteiger partial charge in [-0.25, -0.2) is 13.1 Å². The van der Waals surface area contributed by atoms with Gasteiger partial charge in [-0.15, -0.1) is 0 Å². The van der Waals surface area contributed by atoms with E-state index in [2.05, 4.69) is 20.1 Å². The Labute approximate surface area is 168 Å². The minimum Gasteiger partial charge on any atom is -0.506 e. The highest BCUT2D eigenvalue weighted by atomic mass is 32.2. The number of hydrazone groups is 1. The van der Waals surface area contributed by atoms with E-state index in [1.165, 1.54) is 23.2 Å². The molecule has 2 aromatic rings. The average molecular weight is 415 g/mol. The van der Waals surface area contributed by atoms with Crippen LogP contribution in [0.4, 0.5) is 11.4 Å². The van der Waals surface area contributed by atoms with Gasteiger partial charge in [-0.2, -0.15) is 20.3 Å². The number of para-hydroxylation sites is 1. The Kier molecular flexibility index (Phi) is 5.76. The fourth-order valence-electron chi connectivity index (χ4n) is 2.69. The van der Waals surface area contributed by atoms with Crippen molar-refractivity contribution < 1.29 is 18.3 Å². The molecule has 0 aromatic heterocycles. The molecule has 10 heteroatoms. The summed E-state index contributed by atoms with van der Waals surface area (Å²) >= 11 is 0. The number of azo groups is 1. The van der Waals surface area contributed by atoms with Crippen LogP contribution in [-0.2, 0) is 14.8 Å². The fourth-order valence-corrected chi connectivity index (χ4v) is 3.96. The van der Waals surface area contributed by atoms with Gasteiger partial charge in [0.2, 0.25) is 10.0 Å². The summed E-state index contributed by atoms with van der Waals surface area (Å²) in [6.07, 6.45) is 0. The van der Waals surface area contributed by atoms with Crippen molar-refractivity contribution in [1.82, 2.24) is 4.72 Å². The Morgan fingerprint density at radius 3 is 2.52 bits per heavy atom. The second kappa shape index (κ2) is 8.10. The number of hydrogen-bond acceptors (Lipinski definition) is 7. The van der Waals surface area contributed by atoms with Gasteiger partial charge in [0.05, 0.1) is 16.3 Å². The number of carbonyl (C=O) groups is 1. The van der Waals surface area contributed by atoms with Crippen molar-refractivity contribution in [2.45, 2.75) is 37.8 Å². The van der Waals surface area contributed by atoms with Gasteiger partial charge < -0.3 is 5.11 Å². The number of amides is 1. The van der Waals surface area contributed by atoms with E-state index in [0.29, 0.717) is 11.4 Å². The van der Waals surface area contributed by atoms with Crippen molar-refractivity contribution in [3.63, 3.8) is 0 Å². The summed E-state index contributed by atoms with van der Waals surface area (Å²) in [4.78, 5) is 12.6. The highest BCUT2D eigenvalue weighted by molar-refractivity contribution is 7.89. The number of phenols is 1. The molecule has 0 bridgehead atoms. The molecule has 2 aromatic carbocycles. The first-order valence-corrected chi connectivity index (χ1v) is 10.4. The Balaban J connectivity index is 1.86. The standard InChI is InChI=1S/C19H21N5O4S/c1-12(2)23-29(27,28)15-9-10-17(25)16(11-15)20-21-18-13(3)22-24(19(18)26)14-7-5-4-6-8-14/h4-12,18,23,25H,1-3H3. The van der Waals surface area contributed by atoms with E-state index in [0.717, 1.165) is 0 Å². The van der Waals surface area contributed by atoms with Gasteiger partial charge >= 0.3 is 0 Å². The molecular formula is C19H21N5O4S. The summed E-state index contributed by atoms with van der Waals surface area (Å²) in [7, 11) is -3.76. The van der Waals surface area contributed by atoms with Crippen LogP contribution in [0, 0.1) is 0 Å². The zero-order chi connectivity index (χ0) is 21.2. The molecule has 1 heterocycles. The third-order valence-electron chi connectivity index (χ3n) is 4.03. The second-order valence-corrected chi connectivity index (χ2v) is 8.49. The maximum Gasteiger partial charge on any atom is 0.280 e. The van der Waals surface area contributed by atoms with Crippen LogP contribution < -0.4 is 9.73 Å². The van der Waals surface area contributed by atoms with Crippen LogP contribution in [0.2, 0.25) is 0 Å². The molecular weight excluding hydrogens is 394 g/mol. The van der Waals surface area contributed by atoms with Crippen LogP contribution in [-0.4, -0.2) is 37.2 Å². The molecule has 1 aliphatic rings. The van der Waals surface area contributed by atoms with Gasteiger partial charge in [0, 0.05) is 6.04 Å². The molecule has 2 N–H and O–H groups in total. The van der Waals surface area contributed by atoms with E-state index in [-0.39, 0.29) is 28.3 Å². The number of sulfonamides is 1. The monoisotopic (exact) mass is 415 g/mol. The summed E-state index contributed by atoms with van der Waals surface area (Å²) in [5.74, 6) is -0.639. The van der Waals surface area contributed by atoms with Crippen LogP contribution in [0.15, 0.2) is 68.8 Å². The largest absolute Gasteiger partial charge is 0.506 e. The minimum absolute atomic E-state index is 0.0598. The van der Waals surface area contributed by atoms with E-state index in [4.69, 9.17) is 0 Å². The van der Waals surface area contributed by atoms with Crippen LogP contribution in [0.5, 0.6) is 5.75 Å². The highest BCUT2D eigenvalue weighted by Crippen LogP contribution is 2.30. The molecule has 1 amide bonds. The van der Waals surface area contributed by atoms with Crippen LogP contribution >= 0.6 is 0 Å². The zero-order valence-electron chi connectivity index (χ0n) is 16.1. The van der Waals surface area contributed by atoms with E-state index in [1.54, 1.807) is 45.0 Å². The van der Waals surface area contributed by atoms with Crippen LogP contribution in [0.25, 0.3) is 0 Å². The first kappa shape index (κ1) is 20.6. The number of nitrogens with one attached hydrogen (secondary N) is 1. The third-order valence-corrected chi connectivity index (χ3v) is 5.68. The zero-order valence-corrected chi connectivity index (χ0v) is 17.0. The lowest BCUT2D eigenvalue weighted by Crippen LogP contribution is -2.30. The van der Waals surface area contributed by atoms with Crippen molar-refractivity contribution >= 4 is 33.0 Å². The Morgan fingerprint density at radius 1 is 1.17 bits per heavy atom. The molecule has 0 saturated heterocycles. The number of nitrogens with zero attached hydrogens (tertiary/aromatic N) is 4. The van der Waals surface area contributed by atoms with Crippen molar-refractivity contribution in [2.24, 2.45) is 15.3 Å². The Bertz CT molecular complexity index is 1080. The fraction of sp³-hybridized carbons (Fsp3) is 0.263. The molecule has 0 radical (unpaired) electrons. The average Bonchev–Trinajstić information content (AvgIpc) is 2.94. The maximum absolute atomic E-state index is 12.7. The van der Waals surface area contributed by atoms with Crippen LogP contribution in [0.1, 0.15) is 20.8 Å². The lowest BCUT2D eigenvalue weighted by molar-refractivity contribution is -0.117. The van der Waals surface area contributed by atoms with E-state index in [9.17, 15) is 18.3 Å². The molecule has 0 aliphatic carbocycles. The van der Waals surface area contributed by atoms with Gasteiger partial charge in [-0.05, 0) is 51.1 Å². The maximum atomic E-state index is 12.7. The number of benzene rings is 2. The Morgan fingerprint density at radius 2 is 1.86 bits per heavy atom. The molecule has 1 unspecified atom stereocenters. The topological polar surface area (TPSA) is 124 Å². The summed E-state index contributed by atoms with van der Waals surface area (Å²) in [6.45, 7) is 5.05. The molecule has 0 spiro atoms.